The van der Waals surface area contributed by atoms with Gasteiger partial charge in [0.1, 0.15) is 11.8 Å². The molecule has 0 spiro atoms. The van der Waals surface area contributed by atoms with Crippen molar-refractivity contribution < 1.29 is 22.7 Å². The van der Waals surface area contributed by atoms with Crippen LogP contribution in [0.3, 0.4) is 0 Å². The van der Waals surface area contributed by atoms with Gasteiger partial charge in [-0.3, -0.25) is 13.9 Å². The van der Waals surface area contributed by atoms with Crippen LogP contribution in [0.15, 0.2) is 48.5 Å². The summed E-state index contributed by atoms with van der Waals surface area (Å²) in [4.78, 5) is 26.9. The lowest BCUT2D eigenvalue weighted by molar-refractivity contribution is -0.140. The standard InChI is InChI=1S/C24H33N3O5S/c1-18-8-12-21(13-9-18)27(33(5,30)31)16-6-7-23(28)26(19(2)24(29)25-3)17-20-10-14-22(32-4)15-11-20/h8-15,19H,6-7,16-17H2,1-5H3,(H,25,29). The van der Waals surface area contributed by atoms with Crippen LogP contribution < -0.4 is 14.4 Å². The molecule has 0 fully saturated rings. The van der Waals surface area contributed by atoms with Gasteiger partial charge in [0.05, 0.1) is 19.1 Å². The van der Waals surface area contributed by atoms with Crippen molar-refractivity contribution in [3.05, 3.63) is 59.7 Å². The van der Waals surface area contributed by atoms with Crippen molar-refractivity contribution in [2.24, 2.45) is 0 Å². The minimum atomic E-state index is -3.51. The Morgan fingerprint density at radius 3 is 2.18 bits per heavy atom. The molecule has 0 aliphatic rings. The lowest BCUT2D eigenvalue weighted by atomic mass is 10.1. The lowest BCUT2D eigenvalue weighted by Gasteiger charge is -2.29. The molecular formula is C24H33N3O5S. The molecule has 2 rings (SSSR count). The number of rotatable bonds is 11. The summed E-state index contributed by atoms with van der Waals surface area (Å²) in [5.41, 5.74) is 2.45. The van der Waals surface area contributed by atoms with Crippen LogP contribution in [0.5, 0.6) is 5.75 Å². The van der Waals surface area contributed by atoms with Gasteiger partial charge < -0.3 is 15.0 Å². The molecule has 0 saturated heterocycles. The van der Waals surface area contributed by atoms with Crippen LogP contribution in [-0.4, -0.2) is 58.1 Å². The average Bonchev–Trinajstić information content (AvgIpc) is 2.79. The molecule has 1 atom stereocenters. The van der Waals surface area contributed by atoms with E-state index in [2.05, 4.69) is 5.32 Å². The van der Waals surface area contributed by atoms with Gasteiger partial charge in [-0.15, -0.1) is 0 Å². The number of ether oxygens (including phenoxy) is 1. The Labute approximate surface area is 196 Å². The molecule has 0 aliphatic carbocycles. The molecule has 2 amide bonds. The summed E-state index contributed by atoms with van der Waals surface area (Å²) < 4.78 is 31.1. The third-order valence-corrected chi connectivity index (χ3v) is 6.59. The van der Waals surface area contributed by atoms with E-state index in [4.69, 9.17) is 4.74 Å². The Kier molecular flexibility index (Phi) is 9.28. The molecule has 180 valence electrons. The number of likely N-dealkylation sites (N-methyl/N-ethyl adjacent to an activating group) is 1. The summed E-state index contributed by atoms with van der Waals surface area (Å²) in [6.45, 7) is 4.02. The van der Waals surface area contributed by atoms with Gasteiger partial charge in [0.15, 0.2) is 0 Å². The molecule has 1 N–H and O–H groups in total. The number of aryl methyl sites for hydroxylation is 1. The van der Waals surface area contributed by atoms with Crippen molar-refractivity contribution in [2.75, 3.05) is 31.3 Å². The van der Waals surface area contributed by atoms with E-state index in [1.807, 2.05) is 31.2 Å². The molecule has 33 heavy (non-hydrogen) atoms. The minimum Gasteiger partial charge on any atom is -0.497 e. The number of sulfonamides is 1. The lowest BCUT2D eigenvalue weighted by Crippen LogP contribution is -2.46. The molecule has 8 nitrogen and oxygen atoms in total. The second-order valence-electron chi connectivity index (χ2n) is 7.93. The van der Waals surface area contributed by atoms with E-state index in [1.165, 1.54) is 16.3 Å². The van der Waals surface area contributed by atoms with Gasteiger partial charge in [0.25, 0.3) is 0 Å². The Balaban J connectivity index is 2.13. The van der Waals surface area contributed by atoms with E-state index in [-0.39, 0.29) is 31.3 Å². The van der Waals surface area contributed by atoms with Gasteiger partial charge in [0, 0.05) is 26.6 Å². The monoisotopic (exact) mass is 475 g/mol. The first kappa shape index (κ1) is 26.2. The van der Waals surface area contributed by atoms with E-state index in [0.29, 0.717) is 17.9 Å². The molecular weight excluding hydrogens is 442 g/mol. The van der Waals surface area contributed by atoms with Gasteiger partial charge in [-0.05, 0) is 50.1 Å². The normalized spacial score (nSPS) is 12.0. The summed E-state index contributed by atoms with van der Waals surface area (Å²) in [6.07, 6.45) is 1.58. The number of hydrogen-bond acceptors (Lipinski definition) is 5. The highest BCUT2D eigenvalue weighted by Gasteiger charge is 2.26. The van der Waals surface area contributed by atoms with Crippen LogP contribution in [0.25, 0.3) is 0 Å². The minimum absolute atomic E-state index is 0.107. The number of nitrogens with one attached hydrogen (secondary N) is 1. The predicted molar refractivity (Wildman–Crippen MR) is 130 cm³/mol. The van der Waals surface area contributed by atoms with Crippen molar-refractivity contribution in [1.29, 1.82) is 0 Å². The molecule has 0 aliphatic heterocycles. The smallest absolute Gasteiger partial charge is 0.242 e. The Morgan fingerprint density at radius 1 is 1.06 bits per heavy atom. The fourth-order valence-electron chi connectivity index (χ4n) is 3.43. The highest BCUT2D eigenvalue weighted by molar-refractivity contribution is 7.92. The van der Waals surface area contributed by atoms with Crippen LogP contribution in [0, 0.1) is 6.92 Å². The van der Waals surface area contributed by atoms with Gasteiger partial charge in [-0.25, -0.2) is 8.42 Å². The van der Waals surface area contributed by atoms with Crippen molar-refractivity contribution in [3.8, 4) is 5.75 Å². The quantitative estimate of drug-likeness (QED) is 0.539. The zero-order valence-corrected chi connectivity index (χ0v) is 20.7. The molecule has 1 unspecified atom stereocenters. The Hall–Kier alpha value is -3.07. The van der Waals surface area contributed by atoms with Gasteiger partial charge in [-0.1, -0.05) is 29.8 Å². The summed E-state index contributed by atoms with van der Waals surface area (Å²) >= 11 is 0. The van der Waals surface area contributed by atoms with Crippen LogP contribution in [-0.2, 0) is 26.2 Å². The fourth-order valence-corrected chi connectivity index (χ4v) is 4.40. The Bertz CT molecular complexity index is 1040. The van der Waals surface area contributed by atoms with Crippen LogP contribution >= 0.6 is 0 Å². The molecule has 0 aromatic heterocycles. The van der Waals surface area contributed by atoms with Crippen molar-refractivity contribution >= 4 is 27.5 Å². The van der Waals surface area contributed by atoms with Gasteiger partial charge in [-0.2, -0.15) is 0 Å². The van der Waals surface area contributed by atoms with Crippen LogP contribution in [0.2, 0.25) is 0 Å². The predicted octanol–water partition coefficient (Wildman–Crippen LogP) is 2.71. The summed E-state index contributed by atoms with van der Waals surface area (Å²) in [7, 11) is -0.399. The molecule has 2 aromatic rings. The molecule has 9 heteroatoms. The van der Waals surface area contributed by atoms with Crippen molar-refractivity contribution in [2.45, 2.75) is 39.3 Å². The highest BCUT2D eigenvalue weighted by Crippen LogP contribution is 2.20. The molecule has 0 bridgehead atoms. The number of carbonyl (C=O) groups is 2. The zero-order chi connectivity index (χ0) is 24.6. The highest BCUT2D eigenvalue weighted by atomic mass is 32.2. The second-order valence-corrected chi connectivity index (χ2v) is 9.84. The number of nitrogens with zero attached hydrogens (tertiary/aromatic N) is 2. The fraction of sp³-hybridized carbons (Fsp3) is 0.417. The Morgan fingerprint density at radius 2 is 1.67 bits per heavy atom. The van der Waals surface area contributed by atoms with Crippen LogP contribution in [0.1, 0.15) is 30.9 Å². The first-order chi connectivity index (χ1) is 15.6. The van der Waals surface area contributed by atoms with Gasteiger partial charge in [0.2, 0.25) is 21.8 Å². The summed E-state index contributed by atoms with van der Waals surface area (Å²) in [6, 6.07) is 13.8. The first-order valence-corrected chi connectivity index (χ1v) is 12.6. The number of benzene rings is 2. The number of anilines is 1. The number of methoxy groups -OCH3 is 1. The van der Waals surface area contributed by atoms with E-state index >= 15 is 0 Å². The second kappa shape index (κ2) is 11.7. The van der Waals surface area contributed by atoms with E-state index in [9.17, 15) is 18.0 Å². The molecule has 0 radical (unpaired) electrons. The SMILES string of the molecule is CNC(=O)C(C)N(Cc1ccc(OC)cc1)C(=O)CCCN(c1ccc(C)cc1)S(C)(=O)=O. The molecule has 0 saturated carbocycles. The summed E-state index contributed by atoms with van der Waals surface area (Å²) in [5.74, 6) is 0.210. The third kappa shape index (κ3) is 7.49. The van der Waals surface area contributed by atoms with E-state index in [0.717, 1.165) is 17.4 Å². The average molecular weight is 476 g/mol. The van der Waals surface area contributed by atoms with Gasteiger partial charge >= 0.3 is 0 Å². The number of amides is 2. The maximum Gasteiger partial charge on any atom is 0.242 e. The molecule has 2 aromatic carbocycles. The largest absolute Gasteiger partial charge is 0.497 e. The van der Waals surface area contributed by atoms with Crippen molar-refractivity contribution in [1.82, 2.24) is 10.2 Å². The first-order valence-electron chi connectivity index (χ1n) is 10.7. The van der Waals surface area contributed by atoms with Crippen molar-refractivity contribution in [3.63, 3.8) is 0 Å². The number of hydrogen-bond donors (Lipinski definition) is 1. The zero-order valence-electron chi connectivity index (χ0n) is 19.9. The van der Waals surface area contributed by atoms with E-state index < -0.39 is 16.1 Å². The maximum absolute atomic E-state index is 13.1. The summed E-state index contributed by atoms with van der Waals surface area (Å²) in [5, 5.41) is 2.58. The van der Waals surface area contributed by atoms with Crippen LogP contribution in [0.4, 0.5) is 5.69 Å². The number of carbonyl (C=O) groups excluding carboxylic acids is 2. The molecule has 0 heterocycles. The third-order valence-electron chi connectivity index (χ3n) is 5.40. The topological polar surface area (TPSA) is 96.0 Å². The van der Waals surface area contributed by atoms with E-state index in [1.54, 1.807) is 38.3 Å². The maximum atomic E-state index is 13.1.